The average molecular weight is 222 g/mol. The van der Waals surface area contributed by atoms with Crippen LogP contribution in [0.4, 0.5) is 0 Å². The summed E-state index contributed by atoms with van der Waals surface area (Å²) in [5.74, 6) is 2.50. The molecule has 1 heteroatoms. The van der Waals surface area contributed by atoms with Crippen LogP contribution < -0.4 is 0 Å². The molecule has 2 unspecified atom stereocenters. The molecule has 0 spiro atoms. The Morgan fingerprint density at radius 1 is 1.12 bits per heavy atom. The van der Waals surface area contributed by atoms with Crippen LogP contribution in [0.25, 0.3) is 0 Å². The summed E-state index contributed by atoms with van der Waals surface area (Å²) in [5, 5.41) is 0. The van der Waals surface area contributed by atoms with Gasteiger partial charge in [-0.15, -0.1) is 0 Å². The predicted octanol–water partition coefficient (Wildman–Crippen LogP) is 4.68. The summed E-state index contributed by atoms with van der Waals surface area (Å²) in [6.07, 6.45) is 10.9. The number of allylic oxidation sites excluding steroid dienone is 1. The molecule has 2 saturated carbocycles. The van der Waals surface area contributed by atoms with E-state index in [0.29, 0.717) is 0 Å². The minimum absolute atomic E-state index is 0.145. The van der Waals surface area contributed by atoms with Gasteiger partial charge < -0.3 is 4.74 Å². The van der Waals surface area contributed by atoms with E-state index in [2.05, 4.69) is 13.5 Å². The lowest BCUT2D eigenvalue weighted by atomic mass is 9.75. The number of rotatable bonds is 3. The van der Waals surface area contributed by atoms with Crippen LogP contribution in [0.1, 0.15) is 65.2 Å². The third-order valence-electron chi connectivity index (χ3n) is 4.77. The topological polar surface area (TPSA) is 9.23 Å². The summed E-state index contributed by atoms with van der Waals surface area (Å²) >= 11 is 0. The van der Waals surface area contributed by atoms with Gasteiger partial charge in [-0.25, -0.2) is 0 Å². The maximum Gasteiger partial charge on any atom is 0.114 e. The van der Waals surface area contributed by atoms with Crippen LogP contribution in [0.2, 0.25) is 0 Å². The van der Waals surface area contributed by atoms with Gasteiger partial charge in [-0.05, 0) is 50.9 Å². The normalized spacial score (nSPS) is 38.9. The summed E-state index contributed by atoms with van der Waals surface area (Å²) in [5.41, 5.74) is 0.145. The van der Waals surface area contributed by atoms with E-state index >= 15 is 0 Å². The van der Waals surface area contributed by atoms with Crippen LogP contribution in [-0.4, -0.2) is 5.60 Å². The molecule has 2 aliphatic carbocycles. The molecule has 0 amide bonds. The second-order valence-electron chi connectivity index (χ2n) is 5.72. The van der Waals surface area contributed by atoms with Gasteiger partial charge in [-0.2, -0.15) is 0 Å². The van der Waals surface area contributed by atoms with Crippen molar-refractivity contribution in [3.8, 4) is 0 Å². The first-order valence-corrected chi connectivity index (χ1v) is 7.03. The lowest BCUT2D eigenvalue weighted by Crippen LogP contribution is -2.42. The molecular formula is C15H26O. The molecule has 2 fully saturated rings. The summed E-state index contributed by atoms with van der Waals surface area (Å²) in [7, 11) is 0. The zero-order chi connectivity index (χ0) is 11.6. The second kappa shape index (κ2) is 4.81. The largest absolute Gasteiger partial charge is 0.492 e. The number of fused-ring (bicyclic) bond motifs is 2. The van der Waals surface area contributed by atoms with Gasteiger partial charge in [0.15, 0.2) is 0 Å². The van der Waals surface area contributed by atoms with E-state index in [1.54, 1.807) is 0 Å². The smallest absolute Gasteiger partial charge is 0.114 e. The highest BCUT2D eigenvalue weighted by molar-refractivity contribution is 5.02. The Labute approximate surface area is 100 Å². The molecule has 0 heterocycles. The van der Waals surface area contributed by atoms with Gasteiger partial charge in [0, 0.05) is 0 Å². The van der Waals surface area contributed by atoms with Crippen LogP contribution >= 0.6 is 0 Å². The Hall–Kier alpha value is -0.460. The van der Waals surface area contributed by atoms with E-state index in [4.69, 9.17) is 4.74 Å². The van der Waals surface area contributed by atoms with Crippen molar-refractivity contribution < 1.29 is 4.74 Å². The Balaban J connectivity index is 2.22. The summed E-state index contributed by atoms with van der Waals surface area (Å²) in [6, 6.07) is 0. The van der Waals surface area contributed by atoms with E-state index in [1.165, 1.54) is 44.9 Å². The standard InChI is InChI=1S/C15H26O/c1-4-15(16-12(2)3)13-8-6-5-7-9-14(15)11-10-13/h13-14H,2,4-11H2,1,3H3. The highest BCUT2D eigenvalue weighted by Crippen LogP contribution is 2.51. The Morgan fingerprint density at radius 2 is 1.69 bits per heavy atom. The van der Waals surface area contributed by atoms with Crippen molar-refractivity contribution in [1.29, 1.82) is 0 Å². The fraction of sp³-hybridized carbons (Fsp3) is 0.867. The molecule has 2 aliphatic rings. The van der Waals surface area contributed by atoms with Crippen molar-refractivity contribution in [2.75, 3.05) is 0 Å². The van der Waals surface area contributed by atoms with Gasteiger partial charge in [0.1, 0.15) is 5.60 Å². The van der Waals surface area contributed by atoms with Crippen molar-refractivity contribution in [2.24, 2.45) is 11.8 Å². The van der Waals surface area contributed by atoms with Crippen LogP contribution in [-0.2, 0) is 4.74 Å². The zero-order valence-corrected chi connectivity index (χ0v) is 10.9. The van der Waals surface area contributed by atoms with Crippen LogP contribution in [0.5, 0.6) is 0 Å². The maximum absolute atomic E-state index is 6.26. The first-order valence-electron chi connectivity index (χ1n) is 7.03. The van der Waals surface area contributed by atoms with Crippen molar-refractivity contribution in [1.82, 2.24) is 0 Å². The minimum atomic E-state index is 0.145. The van der Waals surface area contributed by atoms with E-state index < -0.39 is 0 Å². The molecular weight excluding hydrogens is 196 g/mol. The Bertz CT molecular complexity index is 242. The highest BCUT2D eigenvalue weighted by Gasteiger charge is 2.50. The number of ether oxygens (including phenoxy) is 1. The molecule has 0 radical (unpaired) electrons. The summed E-state index contributed by atoms with van der Waals surface area (Å²) in [4.78, 5) is 0. The monoisotopic (exact) mass is 222 g/mol. The number of hydrogen-bond acceptors (Lipinski definition) is 1. The molecule has 0 aromatic carbocycles. The molecule has 2 bridgehead atoms. The second-order valence-corrected chi connectivity index (χ2v) is 5.72. The predicted molar refractivity (Wildman–Crippen MR) is 68.2 cm³/mol. The van der Waals surface area contributed by atoms with E-state index in [0.717, 1.165) is 24.0 Å². The van der Waals surface area contributed by atoms with Gasteiger partial charge in [0.2, 0.25) is 0 Å². The van der Waals surface area contributed by atoms with Crippen molar-refractivity contribution in [2.45, 2.75) is 70.8 Å². The molecule has 92 valence electrons. The molecule has 16 heavy (non-hydrogen) atoms. The molecule has 2 rings (SSSR count). The van der Waals surface area contributed by atoms with Crippen molar-refractivity contribution >= 4 is 0 Å². The fourth-order valence-electron chi connectivity index (χ4n) is 4.10. The molecule has 0 aromatic heterocycles. The van der Waals surface area contributed by atoms with Crippen molar-refractivity contribution in [3.05, 3.63) is 12.3 Å². The summed E-state index contributed by atoms with van der Waals surface area (Å²) < 4.78 is 6.26. The van der Waals surface area contributed by atoms with Gasteiger partial charge in [0.25, 0.3) is 0 Å². The number of hydrogen-bond donors (Lipinski definition) is 0. The SMILES string of the molecule is C=C(C)OC1(CC)C2CCCCCC1CC2. The Morgan fingerprint density at radius 3 is 2.12 bits per heavy atom. The third-order valence-corrected chi connectivity index (χ3v) is 4.77. The first kappa shape index (κ1) is 12.0. The van der Waals surface area contributed by atoms with Crippen LogP contribution in [0.3, 0.4) is 0 Å². The fourth-order valence-corrected chi connectivity index (χ4v) is 4.10. The third kappa shape index (κ3) is 2.01. The van der Waals surface area contributed by atoms with Crippen molar-refractivity contribution in [3.63, 3.8) is 0 Å². The van der Waals surface area contributed by atoms with E-state index in [9.17, 15) is 0 Å². The molecule has 0 aliphatic heterocycles. The summed E-state index contributed by atoms with van der Waals surface area (Å²) in [6.45, 7) is 8.28. The molecule has 0 N–H and O–H groups in total. The van der Waals surface area contributed by atoms with E-state index in [1.807, 2.05) is 6.92 Å². The first-order chi connectivity index (χ1) is 7.69. The lowest BCUT2D eigenvalue weighted by molar-refractivity contribution is -0.0747. The Kier molecular flexibility index (Phi) is 3.61. The molecule has 0 aromatic rings. The minimum Gasteiger partial charge on any atom is -0.492 e. The molecule has 0 saturated heterocycles. The van der Waals surface area contributed by atoms with Gasteiger partial charge >= 0.3 is 0 Å². The van der Waals surface area contributed by atoms with Gasteiger partial charge in [-0.1, -0.05) is 32.8 Å². The molecule has 1 nitrogen and oxygen atoms in total. The maximum atomic E-state index is 6.26. The lowest BCUT2D eigenvalue weighted by Gasteiger charge is -2.41. The van der Waals surface area contributed by atoms with E-state index in [-0.39, 0.29) is 5.60 Å². The van der Waals surface area contributed by atoms with Gasteiger partial charge in [0.05, 0.1) is 5.76 Å². The highest BCUT2D eigenvalue weighted by atomic mass is 16.5. The van der Waals surface area contributed by atoms with Crippen LogP contribution in [0, 0.1) is 11.8 Å². The molecule has 2 atom stereocenters. The zero-order valence-electron chi connectivity index (χ0n) is 10.9. The van der Waals surface area contributed by atoms with Gasteiger partial charge in [-0.3, -0.25) is 0 Å². The average Bonchev–Trinajstić information content (AvgIpc) is 2.61. The van der Waals surface area contributed by atoms with Crippen LogP contribution in [0.15, 0.2) is 12.3 Å². The quantitative estimate of drug-likeness (QED) is 0.630.